The maximum atomic E-state index is 12.5. The van der Waals surface area contributed by atoms with Crippen LogP contribution in [-0.4, -0.2) is 53.0 Å². The average molecular weight is 521 g/mol. The molecule has 2 heterocycles. The highest BCUT2D eigenvalue weighted by Crippen LogP contribution is 2.37. The summed E-state index contributed by atoms with van der Waals surface area (Å²) in [6.45, 7) is 7.79. The fourth-order valence-electron chi connectivity index (χ4n) is 5.55. The van der Waals surface area contributed by atoms with Crippen LogP contribution < -0.4 is 4.74 Å². The molecular formula is C30H36N2O6. The number of Topliss-reactive ketones (excluding diaryl/α,β-unsaturated/α-hetero) is 2. The number of hydrogen-bond donors (Lipinski definition) is 0. The molecule has 2 aromatic carbocycles. The van der Waals surface area contributed by atoms with Crippen molar-refractivity contribution >= 4 is 39.4 Å². The maximum absolute atomic E-state index is 12.5. The van der Waals surface area contributed by atoms with Crippen LogP contribution in [0.5, 0.6) is 5.75 Å². The monoisotopic (exact) mass is 520 g/mol. The summed E-state index contributed by atoms with van der Waals surface area (Å²) in [4.78, 5) is 38.3. The van der Waals surface area contributed by atoms with Crippen LogP contribution in [0, 0.1) is 5.92 Å². The zero-order chi connectivity index (χ0) is 26.9. The van der Waals surface area contributed by atoms with E-state index in [0.717, 1.165) is 60.7 Å². The Morgan fingerprint density at radius 2 is 1.89 bits per heavy atom. The van der Waals surface area contributed by atoms with Gasteiger partial charge in [0.05, 0.1) is 24.3 Å². The first-order chi connectivity index (χ1) is 18.2. The molecule has 3 aromatic rings. The highest BCUT2D eigenvalue weighted by atomic mass is 16.6. The minimum absolute atomic E-state index is 0.00282. The first-order valence-corrected chi connectivity index (χ1v) is 13.6. The predicted molar refractivity (Wildman–Crippen MR) is 143 cm³/mol. The van der Waals surface area contributed by atoms with Crippen molar-refractivity contribution in [1.82, 2.24) is 10.1 Å². The molecule has 202 valence electrons. The molecule has 1 amide bonds. The third-order valence-electron chi connectivity index (χ3n) is 7.55. The number of ether oxygens (including phenoxy) is 2. The number of carbonyl (C=O) groups is 3. The molecule has 1 aliphatic carbocycles. The second-order valence-corrected chi connectivity index (χ2v) is 11.6. The van der Waals surface area contributed by atoms with E-state index in [1.165, 1.54) is 0 Å². The number of nitrogens with zero attached hydrogens (tertiary/aromatic N) is 2. The van der Waals surface area contributed by atoms with E-state index in [1.807, 2.05) is 56.0 Å². The molecule has 8 heteroatoms. The Hall–Kier alpha value is -3.42. The van der Waals surface area contributed by atoms with Crippen molar-refractivity contribution in [3.8, 4) is 5.75 Å². The quantitative estimate of drug-likeness (QED) is 0.282. The van der Waals surface area contributed by atoms with Gasteiger partial charge in [-0.25, -0.2) is 4.79 Å². The number of benzene rings is 2. The zero-order valence-electron chi connectivity index (χ0n) is 22.5. The molecule has 2 fully saturated rings. The van der Waals surface area contributed by atoms with Gasteiger partial charge < -0.3 is 18.9 Å². The highest BCUT2D eigenvalue weighted by molar-refractivity contribution is 6.11. The number of amides is 1. The maximum Gasteiger partial charge on any atom is 0.410 e. The van der Waals surface area contributed by atoms with Gasteiger partial charge in [0.1, 0.15) is 28.6 Å². The van der Waals surface area contributed by atoms with Crippen molar-refractivity contribution in [2.24, 2.45) is 5.92 Å². The third-order valence-corrected chi connectivity index (χ3v) is 7.55. The molecule has 8 nitrogen and oxygen atoms in total. The van der Waals surface area contributed by atoms with Gasteiger partial charge in [0.15, 0.2) is 5.58 Å². The van der Waals surface area contributed by atoms with Gasteiger partial charge in [0, 0.05) is 19.5 Å². The van der Waals surface area contributed by atoms with Gasteiger partial charge in [0.25, 0.3) is 0 Å². The normalized spacial score (nSPS) is 19.3. The van der Waals surface area contributed by atoms with Gasteiger partial charge in [0.2, 0.25) is 0 Å². The second-order valence-electron chi connectivity index (χ2n) is 11.6. The molecular weight excluding hydrogens is 484 g/mol. The molecule has 0 radical (unpaired) electrons. The summed E-state index contributed by atoms with van der Waals surface area (Å²) in [6, 6.07) is 9.81. The van der Waals surface area contributed by atoms with Gasteiger partial charge in [-0.3, -0.25) is 9.59 Å². The van der Waals surface area contributed by atoms with Crippen molar-refractivity contribution in [3.05, 3.63) is 36.0 Å². The molecule has 2 aliphatic rings. The SMILES string of the molecule is CC(C)(C)OC(=O)N1CCC(CCCOc2ccc3c(ccc4onc([C@@H]5CCC(=O)CC5=O)c43)c2)CC1. The van der Waals surface area contributed by atoms with E-state index in [9.17, 15) is 14.4 Å². The summed E-state index contributed by atoms with van der Waals surface area (Å²) in [5, 5.41) is 7.04. The van der Waals surface area contributed by atoms with Gasteiger partial charge in [-0.05, 0) is 93.8 Å². The first-order valence-electron chi connectivity index (χ1n) is 13.6. The van der Waals surface area contributed by atoms with Crippen molar-refractivity contribution < 1.29 is 28.4 Å². The predicted octanol–water partition coefficient (Wildman–Crippen LogP) is 6.19. The van der Waals surface area contributed by atoms with Crippen LogP contribution in [0.2, 0.25) is 0 Å². The van der Waals surface area contributed by atoms with Gasteiger partial charge in [-0.15, -0.1) is 0 Å². The molecule has 0 bridgehead atoms. The average Bonchev–Trinajstić information content (AvgIpc) is 3.30. The van der Waals surface area contributed by atoms with E-state index in [-0.39, 0.29) is 24.1 Å². The van der Waals surface area contributed by atoms with E-state index in [1.54, 1.807) is 0 Å². The van der Waals surface area contributed by atoms with Crippen LogP contribution in [-0.2, 0) is 14.3 Å². The second kappa shape index (κ2) is 10.8. The molecule has 1 aromatic heterocycles. The minimum atomic E-state index is -0.464. The van der Waals surface area contributed by atoms with Crippen LogP contribution >= 0.6 is 0 Å². The molecule has 5 rings (SSSR count). The Bertz CT molecular complexity index is 1350. The van der Waals surface area contributed by atoms with Crippen molar-refractivity contribution in [2.45, 2.75) is 77.2 Å². The first kappa shape index (κ1) is 26.2. The van der Waals surface area contributed by atoms with Crippen LogP contribution in [0.25, 0.3) is 21.7 Å². The number of fused-ring (bicyclic) bond motifs is 3. The zero-order valence-corrected chi connectivity index (χ0v) is 22.5. The molecule has 0 N–H and O–H groups in total. The van der Waals surface area contributed by atoms with E-state index in [2.05, 4.69) is 5.16 Å². The Morgan fingerprint density at radius 3 is 2.63 bits per heavy atom. The number of likely N-dealkylation sites (tertiary alicyclic amines) is 1. The molecule has 1 atom stereocenters. The standard InChI is InChI=1S/C30H36N2O6/c1-30(2,3)37-29(35)32-14-12-19(13-15-32)5-4-16-36-22-8-10-23-20(17-22)6-11-26-27(23)28(31-38-26)24-9-7-21(33)18-25(24)34/h6,8,10-11,17,19,24H,4-5,7,9,12-16,18H2,1-3H3/t24-/m1/s1. The number of aromatic nitrogens is 1. The Labute approximate surface area is 222 Å². The minimum Gasteiger partial charge on any atom is -0.494 e. The van der Waals surface area contributed by atoms with Gasteiger partial charge in [-0.1, -0.05) is 11.2 Å². The fourth-order valence-corrected chi connectivity index (χ4v) is 5.55. The Kier molecular flexibility index (Phi) is 7.41. The summed E-state index contributed by atoms with van der Waals surface area (Å²) < 4.78 is 17.1. The van der Waals surface area contributed by atoms with E-state index >= 15 is 0 Å². The van der Waals surface area contributed by atoms with E-state index < -0.39 is 11.5 Å². The summed E-state index contributed by atoms with van der Waals surface area (Å²) in [5.41, 5.74) is 0.812. The molecule has 0 unspecified atom stereocenters. The topological polar surface area (TPSA) is 98.9 Å². The molecule has 38 heavy (non-hydrogen) atoms. The number of ketones is 2. The van der Waals surface area contributed by atoms with Crippen LogP contribution in [0.15, 0.2) is 34.9 Å². The lowest BCUT2D eigenvalue weighted by atomic mass is 9.83. The Balaban J connectivity index is 1.16. The van der Waals surface area contributed by atoms with E-state index in [0.29, 0.717) is 36.6 Å². The summed E-state index contributed by atoms with van der Waals surface area (Å²) in [7, 11) is 0. The van der Waals surface area contributed by atoms with Gasteiger partial charge in [-0.2, -0.15) is 0 Å². The summed E-state index contributed by atoms with van der Waals surface area (Å²) >= 11 is 0. The number of carbonyl (C=O) groups excluding carboxylic acids is 3. The fraction of sp³-hybridized carbons (Fsp3) is 0.533. The molecule has 1 saturated carbocycles. The smallest absolute Gasteiger partial charge is 0.410 e. The third kappa shape index (κ3) is 5.84. The molecule has 0 spiro atoms. The summed E-state index contributed by atoms with van der Waals surface area (Å²) in [6.07, 6.45) is 4.64. The van der Waals surface area contributed by atoms with Crippen molar-refractivity contribution in [2.75, 3.05) is 19.7 Å². The van der Waals surface area contributed by atoms with Gasteiger partial charge >= 0.3 is 6.09 Å². The number of piperidine rings is 1. The Morgan fingerprint density at radius 1 is 1.11 bits per heavy atom. The van der Waals surface area contributed by atoms with Crippen molar-refractivity contribution in [3.63, 3.8) is 0 Å². The largest absolute Gasteiger partial charge is 0.494 e. The highest BCUT2D eigenvalue weighted by Gasteiger charge is 2.32. The molecule has 1 aliphatic heterocycles. The van der Waals surface area contributed by atoms with E-state index in [4.69, 9.17) is 14.0 Å². The van der Waals surface area contributed by atoms with Crippen LogP contribution in [0.1, 0.15) is 77.3 Å². The molecule has 1 saturated heterocycles. The number of hydrogen-bond acceptors (Lipinski definition) is 7. The lowest BCUT2D eigenvalue weighted by Gasteiger charge is -2.33. The lowest BCUT2D eigenvalue weighted by Crippen LogP contribution is -2.41. The summed E-state index contributed by atoms with van der Waals surface area (Å²) in [5.74, 6) is 0.910. The van der Waals surface area contributed by atoms with Crippen LogP contribution in [0.3, 0.4) is 0 Å². The van der Waals surface area contributed by atoms with Crippen molar-refractivity contribution in [1.29, 1.82) is 0 Å². The lowest BCUT2D eigenvalue weighted by molar-refractivity contribution is -0.130. The number of rotatable bonds is 6. The van der Waals surface area contributed by atoms with Crippen LogP contribution in [0.4, 0.5) is 4.79 Å².